The molecule has 0 bridgehead atoms. The van der Waals surface area contributed by atoms with Crippen LogP contribution in [0.1, 0.15) is 5.56 Å². The van der Waals surface area contributed by atoms with E-state index in [1.165, 1.54) is 0 Å². The monoisotopic (exact) mass is 355 g/mol. The van der Waals surface area contributed by atoms with E-state index >= 15 is 0 Å². The van der Waals surface area contributed by atoms with Crippen LogP contribution < -0.4 is 0 Å². The van der Waals surface area contributed by atoms with Gasteiger partial charge in [0.1, 0.15) is 5.52 Å². The van der Waals surface area contributed by atoms with Gasteiger partial charge in [-0.2, -0.15) is 0 Å². The Labute approximate surface area is 128 Å². The summed E-state index contributed by atoms with van der Waals surface area (Å²) in [7, 11) is 0. The van der Waals surface area contributed by atoms with E-state index in [0.717, 1.165) is 22.0 Å². The van der Waals surface area contributed by atoms with Gasteiger partial charge in [0, 0.05) is 20.9 Å². The normalized spacial score (nSPS) is 11.1. The molecular weight excluding hydrogens is 349 g/mol. The average Bonchev–Trinajstić information content (AvgIpc) is 2.81. The lowest BCUT2D eigenvalue weighted by Gasteiger charge is -2.01. The number of hydrogen-bond donors (Lipinski definition) is 0. The molecule has 0 saturated heterocycles. The van der Waals surface area contributed by atoms with Crippen molar-refractivity contribution in [2.75, 3.05) is 0 Å². The molecule has 3 rings (SSSR count). The van der Waals surface area contributed by atoms with Gasteiger partial charge in [0.25, 0.3) is 0 Å². The summed E-state index contributed by atoms with van der Waals surface area (Å²) in [6, 6.07) is 11.1. The number of hydrogen-bond acceptors (Lipinski definition) is 2. The van der Waals surface area contributed by atoms with Crippen LogP contribution in [0.3, 0.4) is 0 Å². The van der Waals surface area contributed by atoms with Crippen molar-refractivity contribution in [2.45, 2.75) is 5.33 Å². The summed E-state index contributed by atoms with van der Waals surface area (Å²) in [5.41, 5.74) is 3.33. The fourth-order valence-corrected chi connectivity index (χ4v) is 2.88. The van der Waals surface area contributed by atoms with Crippen molar-refractivity contribution in [3.8, 4) is 11.5 Å². The van der Waals surface area contributed by atoms with Crippen molar-refractivity contribution < 1.29 is 4.42 Å². The number of aromatic nitrogens is 1. The first kappa shape index (κ1) is 13.0. The largest absolute Gasteiger partial charge is 0.436 e. The maximum atomic E-state index is 6.18. The second-order valence-corrected chi connectivity index (χ2v) is 5.48. The summed E-state index contributed by atoms with van der Waals surface area (Å²) in [6.45, 7) is 0. The first-order valence-corrected chi connectivity index (χ1v) is 7.46. The molecule has 96 valence electrons. The molecule has 5 heteroatoms. The number of oxazole rings is 1. The first-order chi connectivity index (χ1) is 9.17. The van der Waals surface area contributed by atoms with Crippen LogP contribution in [0, 0.1) is 0 Å². The third kappa shape index (κ3) is 2.50. The predicted molar refractivity (Wildman–Crippen MR) is 82.1 cm³/mol. The Balaban J connectivity index is 2.11. The number of fused-ring (bicyclic) bond motifs is 1. The predicted octanol–water partition coefficient (Wildman–Crippen LogP) is 5.70. The van der Waals surface area contributed by atoms with Crippen LogP contribution in [0.5, 0.6) is 0 Å². The van der Waals surface area contributed by atoms with Crippen molar-refractivity contribution in [1.29, 1.82) is 0 Å². The van der Waals surface area contributed by atoms with E-state index in [2.05, 4.69) is 20.9 Å². The first-order valence-electron chi connectivity index (χ1n) is 5.58. The number of benzene rings is 2. The molecule has 0 saturated carbocycles. The molecule has 0 aliphatic heterocycles. The zero-order valence-corrected chi connectivity index (χ0v) is 12.8. The van der Waals surface area contributed by atoms with Gasteiger partial charge in [-0.25, -0.2) is 4.98 Å². The van der Waals surface area contributed by atoms with E-state index in [4.69, 9.17) is 27.6 Å². The van der Waals surface area contributed by atoms with Crippen LogP contribution in [-0.2, 0) is 5.33 Å². The summed E-state index contributed by atoms with van der Waals surface area (Å²) in [5.74, 6) is 0.542. The lowest BCUT2D eigenvalue weighted by Crippen LogP contribution is -1.82. The number of rotatable bonds is 2. The van der Waals surface area contributed by atoms with Crippen LogP contribution >= 0.6 is 39.1 Å². The minimum Gasteiger partial charge on any atom is -0.436 e. The van der Waals surface area contributed by atoms with Crippen molar-refractivity contribution >= 4 is 50.2 Å². The molecule has 0 atom stereocenters. The fourth-order valence-electron chi connectivity index (χ4n) is 1.81. The topological polar surface area (TPSA) is 26.0 Å². The molecule has 0 N–H and O–H groups in total. The third-order valence-electron chi connectivity index (χ3n) is 2.79. The molecule has 0 aliphatic rings. The molecule has 0 fully saturated rings. The van der Waals surface area contributed by atoms with Gasteiger partial charge in [-0.1, -0.05) is 45.2 Å². The molecule has 1 aromatic heterocycles. The average molecular weight is 357 g/mol. The zero-order valence-electron chi connectivity index (χ0n) is 9.66. The van der Waals surface area contributed by atoms with E-state index in [1.54, 1.807) is 12.1 Å². The van der Waals surface area contributed by atoms with E-state index in [1.807, 2.05) is 24.3 Å². The number of halogens is 3. The van der Waals surface area contributed by atoms with Crippen molar-refractivity contribution in [3.63, 3.8) is 0 Å². The highest BCUT2D eigenvalue weighted by Gasteiger charge is 2.10. The Morgan fingerprint density at radius 1 is 1.11 bits per heavy atom. The Morgan fingerprint density at radius 3 is 2.68 bits per heavy atom. The third-order valence-corrected chi connectivity index (χ3v) is 3.98. The van der Waals surface area contributed by atoms with E-state index in [9.17, 15) is 0 Å². The van der Waals surface area contributed by atoms with Gasteiger partial charge in [0.05, 0.1) is 0 Å². The van der Waals surface area contributed by atoms with Crippen LogP contribution in [0.2, 0.25) is 10.0 Å². The maximum absolute atomic E-state index is 6.18. The maximum Gasteiger partial charge on any atom is 0.227 e. The van der Waals surface area contributed by atoms with Crippen LogP contribution in [0.25, 0.3) is 22.6 Å². The van der Waals surface area contributed by atoms with Gasteiger partial charge in [0.15, 0.2) is 5.58 Å². The Morgan fingerprint density at radius 2 is 1.95 bits per heavy atom. The molecule has 19 heavy (non-hydrogen) atoms. The molecule has 2 nitrogen and oxygen atoms in total. The summed E-state index contributed by atoms with van der Waals surface area (Å²) >= 11 is 15.5. The van der Waals surface area contributed by atoms with Crippen molar-refractivity contribution in [2.24, 2.45) is 0 Å². The standard InChI is InChI=1S/C14H8BrCl2NO/c15-7-9-2-1-8(5-11(9)17)14-18-12-6-10(16)3-4-13(12)19-14/h1-6H,7H2. The van der Waals surface area contributed by atoms with Gasteiger partial charge in [-0.05, 0) is 35.9 Å². The zero-order chi connectivity index (χ0) is 13.4. The van der Waals surface area contributed by atoms with Crippen molar-refractivity contribution in [1.82, 2.24) is 4.98 Å². The minimum atomic E-state index is 0.542. The molecule has 3 aromatic rings. The minimum absolute atomic E-state index is 0.542. The van der Waals surface area contributed by atoms with Crippen molar-refractivity contribution in [3.05, 3.63) is 52.0 Å². The van der Waals surface area contributed by atoms with E-state index < -0.39 is 0 Å². The summed E-state index contributed by atoms with van der Waals surface area (Å²) in [6.07, 6.45) is 0. The van der Waals surface area contributed by atoms with Gasteiger partial charge >= 0.3 is 0 Å². The van der Waals surface area contributed by atoms with Gasteiger partial charge in [-0.3, -0.25) is 0 Å². The van der Waals surface area contributed by atoms with Crippen LogP contribution in [0.15, 0.2) is 40.8 Å². The Bertz CT molecular complexity index is 754. The summed E-state index contributed by atoms with van der Waals surface area (Å²) in [5, 5.41) is 2.05. The second-order valence-electron chi connectivity index (χ2n) is 4.07. The Kier molecular flexibility index (Phi) is 3.52. The van der Waals surface area contributed by atoms with Gasteiger partial charge < -0.3 is 4.42 Å². The summed E-state index contributed by atoms with van der Waals surface area (Å²) < 4.78 is 5.70. The van der Waals surface area contributed by atoms with Crippen LogP contribution in [0.4, 0.5) is 0 Å². The molecule has 0 radical (unpaired) electrons. The van der Waals surface area contributed by atoms with Gasteiger partial charge in [0.2, 0.25) is 5.89 Å². The van der Waals surface area contributed by atoms with E-state index in [0.29, 0.717) is 21.5 Å². The molecular formula is C14H8BrCl2NO. The SMILES string of the molecule is Clc1ccc2oc(-c3ccc(CBr)c(Cl)c3)nc2c1. The highest BCUT2D eigenvalue weighted by Crippen LogP contribution is 2.29. The molecule has 2 aromatic carbocycles. The molecule has 0 amide bonds. The Hall–Kier alpha value is -1.03. The smallest absolute Gasteiger partial charge is 0.227 e. The number of alkyl halides is 1. The van der Waals surface area contributed by atoms with E-state index in [-0.39, 0.29) is 0 Å². The van der Waals surface area contributed by atoms with Gasteiger partial charge in [-0.15, -0.1) is 0 Å². The number of nitrogens with zero attached hydrogens (tertiary/aromatic N) is 1. The second kappa shape index (κ2) is 5.16. The molecule has 0 aliphatic carbocycles. The highest BCUT2D eigenvalue weighted by molar-refractivity contribution is 9.08. The lowest BCUT2D eigenvalue weighted by atomic mass is 10.1. The molecule has 0 spiro atoms. The molecule has 0 unspecified atom stereocenters. The fraction of sp³-hybridized carbons (Fsp3) is 0.0714. The quantitative estimate of drug-likeness (QED) is 0.550. The summed E-state index contributed by atoms with van der Waals surface area (Å²) in [4.78, 5) is 4.42. The molecule has 1 heterocycles. The highest BCUT2D eigenvalue weighted by atomic mass is 79.9. The lowest BCUT2D eigenvalue weighted by molar-refractivity contribution is 0.620. The van der Waals surface area contributed by atoms with Crippen LogP contribution in [-0.4, -0.2) is 4.98 Å².